The number of para-hydroxylation sites is 1. The molecule has 2 heterocycles. The third kappa shape index (κ3) is 5.74. The number of piperidine rings is 1. The summed E-state index contributed by atoms with van der Waals surface area (Å²) in [4.78, 5) is 36.4. The Morgan fingerprint density at radius 2 is 1.70 bits per heavy atom. The molecule has 2 aromatic carbocycles. The average molecular weight is 445 g/mol. The molecular weight excluding hydrogens is 416 g/mol. The number of amides is 2. The first kappa shape index (κ1) is 22.5. The van der Waals surface area contributed by atoms with E-state index in [1.807, 2.05) is 72.5 Å². The summed E-state index contributed by atoms with van der Waals surface area (Å²) in [6, 6.07) is 18.8. The van der Waals surface area contributed by atoms with E-state index in [-0.39, 0.29) is 17.7 Å². The van der Waals surface area contributed by atoms with E-state index in [9.17, 15) is 9.59 Å². The number of carbonyl (C=O) groups excluding carboxylic acids is 2. The van der Waals surface area contributed by atoms with Crippen molar-refractivity contribution >= 4 is 11.8 Å². The van der Waals surface area contributed by atoms with Crippen molar-refractivity contribution in [3.05, 3.63) is 89.5 Å². The van der Waals surface area contributed by atoms with Gasteiger partial charge in [-0.25, -0.2) is 9.97 Å². The second-order valence-electron chi connectivity index (χ2n) is 8.07. The van der Waals surface area contributed by atoms with Gasteiger partial charge in [0.1, 0.15) is 18.2 Å². The Morgan fingerprint density at radius 1 is 1.03 bits per heavy atom. The molecule has 1 saturated heterocycles. The second-order valence-corrected chi connectivity index (χ2v) is 8.07. The molecule has 0 radical (unpaired) electrons. The molecule has 7 nitrogen and oxygen atoms in total. The van der Waals surface area contributed by atoms with Crippen molar-refractivity contribution < 1.29 is 14.3 Å². The van der Waals surface area contributed by atoms with E-state index >= 15 is 0 Å². The minimum absolute atomic E-state index is 0.0456. The fourth-order valence-electron chi connectivity index (χ4n) is 4.04. The Hall–Kier alpha value is -3.74. The monoisotopic (exact) mass is 444 g/mol. The van der Waals surface area contributed by atoms with Gasteiger partial charge in [-0.3, -0.25) is 9.59 Å². The van der Waals surface area contributed by atoms with Gasteiger partial charge in [0.25, 0.3) is 11.8 Å². The third-order valence-electron chi connectivity index (χ3n) is 5.77. The lowest BCUT2D eigenvalue weighted by molar-refractivity contribution is 0.0710. The molecule has 170 valence electrons. The molecule has 33 heavy (non-hydrogen) atoms. The highest BCUT2D eigenvalue weighted by atomic mass is 16.5. The Balaban J connectivity index is 1.36. The van der Waals surface area contributed by atoms with Crippen LogP contribution in [0, 0.1) is 6.92 Å². The molecule has 2 amide bonds. The van der Waals surface area contributed by atoms with Gasteiger partial charge >= 0.3 is 0 Å². The van der Waals surface area contributed by atoms with Crippen LogP contribution in [-0.4, -0.2) is 52.9 Å². The van der Waals surface area contributed by atoms with Crippen molar-refractivity contribution in [1.82, 2.24) is 20.2 Å². The minimum atomic E-state index is -0.204. The van der Waals surface area contributed by atoms with Crippen LogP contribution in [0.3, 0.4) is 0 Å². The van der Waals surface area contributed by atoms with Crippen LogP contribution < -0.4 is 10.1 Å². The first-order valence-electron chi connectivity index (χ1n) is 11.3. The molecule has 0 saturated carbocycles. The van der Waals surface area contributed by atoms with Gasteiger partial charge in [-0.05, 0) is 44.0 Å². The van der Waals surface area contributed by atoms with Gasteiger partial charge in [0, 0.05) is 30.8 Å². The van der Waals surface area contributed by atoms with Crippen molar-refractivity contribution in [3.8, 4) is 5.75 Å². The number of aromatic nitrogens is 2. The fraction of sp³-hybridized carbons (Fsp3) is 0.308. The Labute approximate surface area is 193 Å². The first-order valence-corrected chi connectivity index (χ1v) is 11.3. The number of hydrogen-bond donors (Lipinski definition) is 1. The maximum atomic E-state index is 12.9. The summed E-state index contributed by atoms with van der Waals surface area (Å²) < 4.78 is 5.65. The quantitative estimate of drug-likeness (QED) is 0.563. The van der Waals surface area contributed by atoms with Gasteiger partial charge in [-0.15, -0.1) is 0 Å². The van der Waals surface area contributed by atoms with Crippen LogP contribution in [0.1, 0.15) is 51.0 Å². The number of likely N-dealkylation sites (tertiary alicyclic amines) is 1. The molecule has 0 spiro atoms. The van der Waals surface area contributed by atoms with Crippen molar-refractivity contribution in [2.75, 3.05) is 26.2 Å². The second kappa shape index (κ2) is 10.7. The van der Waals surface area contributed by atoms with Crippen molar-refractivity contribution in [1.29, 1.82) is 0 Å². The standard InChI is InChI=1S/C26H28N4O3/c1-19-28-18-23(25(31)27-14-17-33-22-10-6-3-7-11-22)24(29-19)20-12-15-30(16-13-20)26(32)21-8-4-2-5-9-21/h2-11,18,20H,12-17H2,1H3,(H,27,31). The van der Waals surface area contributed by atoms with Gasteiger partial charge in [0.05, 0.1) is 17.8 Å². The van der Waals surface area contributed by atoms with Gasteiger partial charge in [0.2, 0.25) is 0 Å². The molecule has 0 bridgehead atoms. The molecule has 1 aliphatic rings. The molecule has 1 aliphatic heterocycles. The summed E-state index contributed by atoms with van der Waals surface area (Å²) in [7, 11) is 0. The van der Waals surface area contributed by atoms with E-state index < -0.39 is 0 Å². The van der Waals surface area contributed by atoms with E-state index in [0.717, 1.165) is 24.3 Å². The molecule has 0 aliphatic carbocycles. The fourth-order valence-corrected chi connectivity index (χ4v) is 4.04. The number of benzene rings is 2. The molecule has 0 unspecified atom stereocenters. The van der Waals surface area contributed by atoms with Crippen LogP contribution in [0.4, 0.5) is 0 Å². The minimum Gasteiger partial charge on any atom is -0.492 e. The largest absolute Gasteiger partial charge is 0.492 e. The summed E-state index contributed by atoms with van der Waals surface area (Å²) in [5.74, 6) is 1.35. The molecule has 4 rings (SSSR count). The molecule has 1 N–H and O–H groups in total. The molecule has 1 aromatic heterocycles. The van der Waals surface area contributed by atoms with E-state index in [1.165, 1.54) is 0 Å². The third-order valence-corrected chi connectivity index (χ3v) is 5.77. The summed E-state index contributed by atoms with van der Waals surface area (Å²) in [6.07, 6.45) is 3.12. The van der Waals surface area contributed by atoms with E-state index in [2.05, 4.69) is 15.3 Å². The van der Waals surface area contributed by atoms with Gasteiger partial charge in [0.15, 0.2) is 0 Å². The van der Waals surface area contributed by atoms with E-state index in [1.54, 1.807) is 6.20 Å². The zero-order chi connectivity index (χ0) is 23.0. The van der Waals surface area contributed by atoms with Crippen LogP contribution in [0.15, 0.2) is 66.9 Å². The molecule has 0 atom stereocenters. The Bertz CT molecular complexity index is 1080. The zero-order valence-corrected chi connectivity index (χ0v) is 18.7. The summed E-state index contributed by atoms with van der Waals surface area (Å²) in [5, 5.41) is 2.91. The smallest absolute Gasteiger partial charge is 0.254 e. The predicted octanol–water partition coefficient (Wildman–Crippen LogP) is 3.61. The summed E-state index contributed by atoms with van der Waals surface area (Å²) in [6.45, 7) is 3.84. The van der Waals surface area contributed by atoms with Gasteiger partial charge in [-0.2, -0.15) is 0 Å². The number of rotatable bonds is 7. The van der Waals surface area contributed by atoms with Crippen molar-refractivity contribution in [2.45, 2.75) is 25.7 Å². The van der Waals surface area contributed by atoms with Crippen molar-refractivity contribution in [3.63, 3.8) is 0 Å². The molecule has 1 fully saturated rings. The number of ether oxygens (including phenoxy) is 1. The van der Waals surface area contributed by atoms with Crippen LogP contribution in [0.5, 0.6) is 5.75 Å². The van der Waals surface area contributed by atoms with Crippen LogP contribution in [-0.2, 0) is 0 Å². The Morgan fingerprint density at radius 3 is 2.39 bits per heavy atom. The number of nitrogens with one attached hydrogen (secondary N) is 1. The maximum Gasteiger partial charge on any atom is 0.254 e. The molecular formula is C26H28N4O3. The maximum absolute atomic E-state index is 12.9. The number of carbonyl (C=O) groups is 2. The van der Waals surface area contributed by atoms with Gasteiger partial charge in [-0.1, -0.05) is 36.4 Å². The SMILES string of the molecule is Cc1ncc(C(=O)NCCOc2ccccc2)c(C2CCN(C(=O)c3ccccc3)CC2)n1. The highest BCUT2D eigenvalue weighted by molar-refractivity contribution is 5.95. The van der Waals surface area contributed by atoms with Crippen molar-refractivity contribution in [2.24, 2.45) is 0 Å². The van der Waals surface area contributed by atoms with E-state index in [4.69, 9.17) is 4.74 Å². The highest BCUT2D eigenvalue weighted by Crippen LogP contribution is 2.29. The highest BCUT2D eigenvalue weighted by Gasteiger charge is 2.28. The zero-order valence-electron chi connectivity index (χ0n) is 18.7. The number of hydrogen-bond acceptors (Lipinski definition) is 5. The lowest BCUT2D eigenvalue weighted by atomic mass is 9.90. The van der Waals surface area contributed by atoms with Crippen LogP contribution in [0.25, 0.3) is 0 Å². The van der Waals surface area contributed by atoms with Crippen LogP contribution >= 0.6 is 0 Å². The summed E-state index contributed by atoms with van der Waals surface area (Å²) in [5.41, 5.74) is 1.95. The number of aryl methyl sites for hydroxylation is 1. The van der Waals surface area contributed by atoms with Crippen LogP contribution in [0.2, 0.25) is 0 Å². The topological polar surface area (TPSA) is 84.4 Å². The molecule has 7 heteroatoms. The lowest BCUT2D eigenvalue weighted by Crippen LogP contribution is -2.38. The van der Waals surface area contributed by atoms with E-state index in [0.29, 0.717) is 43.2 Å². The Kier molecular flexibility index (Phi) is 7.29. The lowest BCUT2D eigenvalue weighted by Gasteiger charge is -2.32. The summed E-state index contributed by atoms with van der Waals surface area (Å²) >= 11 is 0. The average Bonchev–Trinajstić information content (AvgIpc) is 2.87. The van der Waals surface area contributed by atoms with Gasteiger partial charge < -0.3 is 15.0 Å². The first-order chi connectivity index (χ1) is 16.1. The predicted molar refractivity (Wildman–Crippen MR) is 125 cm³/mol. The number of nitrogens with zero attached hydrogens (tertiary/aromatic N) is 3. The normalized spacial score (nSPS) is 14.0. The molecule has 3 aromatic rings.